The summed E-state index contributed by atoms with van der Waals surface area (Å²) in [5.41, 5.74) is 2.36. The number of aromatic nitrogens is 3. The van der Waals surface area contributed by atoms with Crippen molar-refractivity contribution in [2.75, 3.05) is 0 Å². The standard InChI is InChI=1S/C13H10Cl3N3OS/c1-6(14)12-18-10-2-8(15)9(16)3-11(10)19(12)4-7-5-21-13(20)17-7/h2-3,5-6H,4H2,1H3,(H,17,20). The maximum absolute atomic E-state index is 11.3. The molecule has 1 unspecified atom stereocenters. The SMILES string of the molecule is CC(Cl)c1nc2cc(Cl)c(Cl)cc2n1Cc1csc(=O)[nH]1. The van der Waals surface area contributed by atoms with E-state index in [4.69, 9.17) is 34.8 Å². The minimum atomic E-state index is -0.277. The topological polar surface area (TPSA) is 50.7 Å². The summed E-state index contributed by atoms with van der Waals surface area (Å²) >= 11 is 19.5. The van der Waals surface area contributed by atoms with E-state index in [0.29, 0.717) is 22.4 Å². The molecule has 8 heteroatoms. The quantitative estimate of drug-likeness (QED) is 0.700. The Balaban J connectivity index is 2.19. The predicted molar refractivity (Wildman–Crippen MR) is 88.1 cm³/mol. The number of H-pyrrole nitrogens is 1. The van der Waals surface area contributed by atoms with Gasteiger partial charge in [0.2, 0.25) is 0 Å². The van der Waals surface area contributed by atoms with Gasteiger partial charge < -0.3 is 9.55 Å². The fourth-order valence-corrected chi connectivity index (χ4v) is 3.23. The molecule has 0 aliphatic carbocycles. The minimum absolute atomic E-state index is 0.0871. The highest BCUT2D eigenvalue weighted by Crippen LogP contribution is 2.31. The molecule has 3 rings (SSSR count). The average molecular weight is 363 g/mol. The molecule has 1 atom stereocenters. The normalized spacial score (nSPS) is 13.0. The number of thiazole rings is 1. The van der Waals surface area contributed by atoms with Crippen LogP contribution in [0.4, 0.5) is 0 Å². The fourth-order valence-electron chi connectivity index (χ4n) is 2.17. The molecular formula is C13H10Cl3N3OS. The Labute approximate surface area is 139 Å². The summed E-state index contributed by atoms with van der Waals surface area (Å²) in [5, 5.41) is 2.42. The van der Waals surface area contributed by atoms with Crippen LogP contribution in [0.2, 0.25) is 10.0 Å². The van der Waals surface area contributed by atoms with Crippen LogP contribution in [0.1, 0.15) is 23.8 Å². The molecule has 0 amide bonds. The summed E-state index contributed by atoms with van der Waals surface area (Å²) in [6.07, 6.45) is 0. The zero-order valence-corrected chi connectivity index (χ0v) is 13.9. The van der Waals surface area contributed by atoms with Crippen LogP contribution in [0.5, 0.6) is 0 Å². The molecule has 4 nitrogen and oxygen atoms in total. The van der Waals surface area contributed by atoms with E-state index in [1.807, 2.05) is 11.5 Å². The van der Waals surface area contributed by atoms with Gasteiger partial charge in [-0.3, -0.25) is 4.79 Å². The third kappa shape index (κ3) is 2.83. The van der Waals surface area contributed by atoms with Gasteiger partial charge in [-0.15, -0.1) is 11.6 Å². The summed E-state index contributed by atoms with van der Waals surface area (Å²) < 4.78 is 1.94. The van der Waals surface area contributed by atoms with Gasteiger partial charge in [0.25, 0.3) is 0 Å². The summed E-state index contributed by atoms with van der Waals surface area (Å²) in [6, 6.07) is 3.48. The Morgan fingerprint density at radius 1 is 1.38 bits per heavy atom. The third-order valence-corrected chi connectivity index (χ3v) is 4.71. The number of nitrogens with one attached hydrogen (secondary N) is 1. The second-order valence-corrected chi connectivity index (χ2v) is 6.91. The summed E-state index contributed by atoms with van der Waals surface area (Å²) in [6.45, 7) is 2.32. The van der Waals surface area contributed by atoms with Crippen molar-refractivity contribution in [3.8, 4) is 0 Å². The van der Waals surface area contributed by atoms with Crippen LogP contribution in [0.3, 0.4) is 0 Å². The zero-order valence-electron chi connectivity index (χ0n) is 10.9. The molecule has 0 bridgehead atoms. The number of halogens is 3. The van der Waals surface area contributed by atoms with Crippen molar-refractivity contribution in [3.63, 3.8) is 0 Å². The fraction of sp³-hybridized carbons (Fsp3) is 0.231. The molecule has 110 valence electrons. The van der Waals surface area contributed by atoms with Crippen LogP contribution in [0, 0.1) is 0 Å². The first-order valence-electron chi connectivity index (χ1n) is 6.11. The molecule has 2 heterocycles. The number of alkyl halides is 1. The van der Waals surface area contributed by atoms with Gasteiger partial charge in [-0.05, 0) is 19.1 Å². The summed E-state index contributed by atoms with van der Waals surface area (Å²) in [4.78, 5) is 18.5. The molecule has 1 N–H and O–H groups in total. The first-order chi connectivity index (χ1) is 9.95. The molecule has 0 spiro atoms. The summed E-state index contributed by atoms with van der Waals surface area (Å²) in [5.74, 6) is 0.706. The first kappa shape index (κ1) is 14.9. The van der Waals surface area contributed by atoms with Gasteiger partial charge in [-0.1, -0.05) is 34.5 Å². The van der Waals surface area contributed by atoms with Crippen LogP contribution in [0.15, 0.2) is 22.3 Å². The van der Waals surface area contributed by atoms with E-state index in [-0.39, 0.29) is 10.3 Å². The lowest BCUT2D eigenvalue weighted by Crippen LogP contribution is -2.07. The predicted octanol–water partition coefficient (Wildman–Crippen LogP) is 4.44. The number of aromatic amines is 1. The lowest BCUT2D eigenvalue weighted by Gasteiger charge is -2.09. The van der Waals surface area contributed by atoms with Crippen molar-refractivity contribution >= 4 is 57.2 Å². The third-order valence-electron chi connectivity index (χ3n) is 3.07. The van der Waals surface area contributed by atoms with Gasteiger partial charge in [0, 0.05) is 11.1 Å². The lowest BCUT2D eigenvalue weighted by atomic mass is 10.3. The number of rotatable bonds is 3. The number of fused-ring (bicyclic) bond motifs is 1. The van der Waals surface area contributed by atoms with E-state index in [1.54, 1.807) is 17.5 Å². The Morgan fingerprint density at radius 3 is 2.71 bits per heavy atom. The lowest BCUT2D eigenvalue weighted by molar-refractivity contribution is 0.729. The van der Waals surface area contributed by atoms with E-state index in [2.05, 4.69) is 9.97 Å². The Morgan fingerprint density at radius 2 is 2.10 bits per heavy atom. The van der Waals surface area contributed by atoms with Crippen molar-refractivity contribution in [2.24, 2.45) is 0 Å². The molecule has 0 saturated heterocycles. The van der Waals surface area contributed by atoms with E-state index in [1.165, 1.54) is 0 Å². The van der Waals surface area contributed by atoms with Gasteiger partial charge in [0.1, 0.15) is 5.82 Å². The van der Waals surface area contributed by atoms with Crippen molar-refractivity contribution in [2.45, 2.75) is 18.8 Å². The highest BCUT2D eigenvalue weighted by atomic mass is 35.5. The molecule has 2 aromatic heterocycles. The van der Waals surface area contributed by atoms with E-state index >= 15 is 0 Å². The van der Waals surface area contributed by atoms with E-state index < -0.39 is 0 Å². The number of benzene rings is 1. The van der Waals surface area contributed by atoms with E-state index in [0.717, 1.165) is 28.1 Å². The molecule has 0 fully saturated rings. The molecule has 0 aliphatic rings. The van der Waals surface area contributed by atoms with Crippen LogP contribution < -0.4 is 4.87 Å². The molecule has 1 aromatic carbocycles. The van der Waals surface area contributed by atoms with Gasteiger partial charge >= 0.3 is 4.87 Å². The van der Waals surface area contributed by atoms with Gasteiger partial charge in [0.05, 0.1) is 33.0 Å². The second-order valence-electron chi connectivity index (χ2n) is 4.60. The first-order valence-corrected chi connectivity index (χ1v) is 8.19. The van der Waals surface area contributed by atoms with E-state index in [9.17, 15) is 4.79 Å². The highest BCUT2D eigenvalue weighted by Gasteiger charge is 2.17. The van der Waals surface area contributed by atoms with Gasteiger partial charge in [-0.25, -0.2) is 4.98 Å². The van der Waals surface area contributed by atoms with Crippen molar-refractivity contribution in [1.82, 2.24) is 14.5 Å². The Bertz CT molecular complexity index is 865. The Hall–Kier alpha value is -1.01. The molecule has 3 aromatic rings. The van der Waals surface area contributed by atoms with Crippen molar-refractivity contribution < 1.29 is 0 Å². The monoisotopic (exact) mass is 361 g/mol. The number of hydrogen-bond donors (Lipinski definition) is 1. The number of hydrogen-bond acceptors (Lipinski definition) is 3. The van der Waals surface area contributed by atoms with Crippen LogP contribution in [-0.2, 0) is 6.54 Å². The molecule has 0 radical (unpaired) electrons. The Kier molecular flexibility index (Phi) is 4.01. The molecule has 0 aliphatic heterocycles. The largest absolute Gasteiger partial charge is 0.321 e. The van der Waals surface area contributed by atoms with Gasteiger partial charge in [0.15, 0.2) is 0 Å². The van der Waals surface area contributed by atoms with Crippen molar-refractivity contribution in [1.29, 1.82) is 0 Å². The molecule has 0 saturated carbocycles. The smallest absolute Gasteiger partial charge is 0.304 e. The average Bonchev–Trinajstić information content (AvgIpc) is 2.96. The number of nitrogens with zero attached hydrogens (tertiary/aromatic N) is 2. The van der Waals surface area contributed by atoms with Crippen LogP contribution in [-0.4, -0.2) is 14.5 Å². The summed E-state index contributed by atoms with van der Waals surface area (Å²) in [7, 11) is 0. The highest BCUT2D eigenvalue weighted by molar-refractivity contribution is 7.07. The minimum Gasteiger partial charge on any atom is -0.321 e. The zero-order chi connectivity index (χ0) is 15.1. The molecular weight excluding hydrogens is 353 g/mol. The van der Waals surface area contributed by atoms with Crippen molar-refractivity contribution in [3.05, 3.63) is 48.7 Å². The number of imidazole rings is 1. The maximum atomic E-state index is 11.3. The second kappa shape index (κ2) is 5.65. The van der Waals surface area contributed by atoms with Crippen LogP contribution in [0.25, 0.3) is 11.0 Å². The maximum Gasteiger partial charge on any atom is 0.304 e. The van der Waals surface area contributed by atoms with Crippen LogP contribution >= 0.6 is 46.1 Å². The molecule has 21 heavy (non-hydrogen) atoms. The van der Waals surface area contributed by atoms with Gasteiger partial charge in [-0.2, -0.15) is 0 Å².